The number of hydrogen-bond donors (Lipinski definition) is 6. The number of carbonyl (C=O) groups is 2. The van der Waals surface area contributed by atoms with Crippen LogP contribution in [-0.4, -0.2) is 296 Å². The average Bonchev–Trinajstić information content (AvgIpc) is 0.721. The molecule has 32 heteroatoms. The third kappa shape index (κ3) is 52.4. The molecule has 6 N–H and O–H groups in total. The quantitative estimate of drug-likeness (QED) is 0.0177. The Labute approximate surface area is 777 Å². The predicted molar refractivity (Wildman–Crippen MR) is 502 cm³/mol. The number of rotatable bonds is 87. The van der Waals surface area contributed by atoms with Crippen molar-refractivity contribution < 1.29 is 131 Å². The van der Waals surface area contributed by atoms with E-state index < -0.39 is 66.5 Å². The summed E-state index contributed by atoms with van der Waals surface area (Å²) in [4.78, 5) is 30.4. The Morgan fingerprint density at radius 1 is 0.415 bits per heavy atom. The molecule has 0 saturated heterocycles. The molecule has 3 unspecified atom stereocenters. The number of carboxylic acid groups (broad SMARTS) is 1. The van der Waals surface area contributed by atoms with Crippen LogP contribution in [0.5, 0.6) is 11.5 Å². The molecule has 3 heterocycles. The zero-order valence-corrected chi connectivity index (χ0v) is 81.5. The molecule has 3 atom stereocenters. The van der Waals surface area contributed by atoms with Crippen LogP contribution in [0, 0.1) is 0 Å². The molecule has 3 aliphatic rings. The highest BCUT2D eigenvalue weighted by Gasteiger charge is 2.40. The van der Waals surface area contributed by atoms with E-state index >= 15 is 0 Å². The topological polar surface area (TPSA) is 367 Å². The van der Waals surface area contributed by atoms with Crippen LogP contribution in [0.4, 0.5) is 5.69 Å². The van der Waals surface area contributed by atoms with Gasteiger partial charge in [0.05, 0.1) is 228 Å². The fourth-order valence-electron chi connectivity index (χ4n) is 16.3. The number of fused-ring (bicyclic) bond motifs is 4. The van der Waals surface area contributed by atoms with E-state index in [1.54, 1.807) is 24.3 Å². The van der Waals surface area contributed by atoms with Crippen molar-refractivity contribution in [1.82, 2.24) is 5.32 Å². The molecular weight excluding hydrogens is 1720 g/mol. The van der Waals surface area contributed by atoms with Crippen molar-refractivity contribution in [3.8, 4) is 11.5 Å². The Morgan fingerprint density at radius 3 is 1.15 bits per heavy atom. The van der Waals surface area contributed by atoms with Gasteiger partial charge >= 0.3 is 5.97 Å². The molecule has 0 aliphatic carbocycles. The summed E-state index contributed by atoms with van der Waals surface area (Å²) in [6.45, 7) is 27.2. The standard InChI is InChI=1S/C98H165N3O27S2/c1-7-9-11-13-15-17-19-21-23-25-27-29-31-33-38-125-76-83(127-39-34-32-30-28-26-24-22-20-18-16-14-12-10-8-2)77-126-68-67-124-66-65-123-64-63-122-62-61-121-60-59-120-58-57-119-56-55-118-54-53-117-52-51-116-50-49-115-48-47-114-46-45-113-44-43-112-42-41-111-40-37-99-95(102)80-35-36-84(87(69-80)96(103)104)94-88-70-85-81(78-129(105,106)107)74-97(3,4)100-90(85)72-92(88)128-93-73-91-86(71-89(93)94)82(79-130(108,109)110)75-98(5,6)101-91/h35-36,69-73,81-83,100H,7-34,37-68,74-79H2,1-6H3,(H,99,102)(H,103,104)(H,105,106,107)(H,108,109,110)/p+1. The number of carboxylic acids is 1. The van der Waals surface area contributed by atoms with Gasteiger partial charge in [-0.1, -0.05) is 187 Å². The second kappa shape index (κ2) is 69.8. The van der Waals surface area contributed by atoms with E-state index in [9.17, 15) is 40.6 Å². The lowest BCUT2D eigenvalue weighted by atomic mass is 9.79. The molecule has 3 aromatic rings. The maximum Gasteiger partial charge on any atom is 0.336 e. The fraction of sp³-hybridized carbons (Fsp3) is 0.786. The first-order valence-corrected chi connectivity index (χ1v) is 52.2. The molecule has 130 heavy (non-hydrogen) atoms. The van der Waals surface area contributed by atoms with Gasteiger partial charge in [-0.25, -0.2) is 9.79 Å². The number of ether oxygens (including phenoxy) is 18. The minimum atomic E-state index is -4.45. The molecule has 0 spiro atoms. The summed E-state index contributed by atoms with van der Waals surface area (Å²) < 4.78 is 174. The Morgan fingerprint density at radius 2 is 0.769 bits per heavy atom. The number of amides is 1. The van der Waals surface area contributed by atoms with Crippen LogP contribution in [0.2, 0.25) is 0 Å². The smallest absolute Gasteiger partial charge is 0.336 e. The number of anilines is 1. The van der Waals surface area contributed by atoms with Gasteiger partial charge in [-0.2, -0.15) is 16.8 Å². The minimum absolute atomic E-state index is 0.0526. The highest BCUT2D eigenvalue weighted by molar-refractivity contribution is 7.86. The van der Waals surface area contributed by atoms with Crippen molar-refractivity contribution in [2.75, 3.05) is 241 Å². The second-order valence-electron chi connectivity index (χ2n) is 35.4. The van der Waals surface area contributed by atoms with Crippen LogP contribution in [0.25, 0.3) is 5.57 Å². The number of carbonyl (C=O) groups excluding carboxylic acids is 1. The Bertz CT molecular complexity index is 3860. The summed E-state index contributed by atoms with van der Waals surface area (Å²) in [6.07, 6.45) is 38.3. The lowest BCUT2D eigenvalue weighted by Crippen LogP contribution is -2.90. The van der Waals surface area contributed by atoms with Crippen molar-refractivity contribution in [3.63, 3.8) is 0 Å². The molecule has 746 valence electrons. The highest BCUT2D eigenvalue weighted by atomic mass is 32.2. The van der Waals surface area contributed by atoms with Gasteiger partial charge < -0.3 is 101 Å². The number of aromatic carboxylic acids is 1. The van der Waals surface area contributed by atoms with E-state index in [-0.39, 0.29) is 49.2 Å². The predicted octanol–water partition coefficient (Wildman–Crippen LogP) is 13.5. The van der Waals surface area contributed by atoms with Gasteiger partial charge in [-0.3, -0.25) is 13.9 Å². The van der Waals surface area contributed by atoms with Gasteiger partial charge in [0.25, 0.3) is 26.1 Å². The van der Waals surface area contributed by atoms with Crippen LogP contribution in [0.3, 0.4) is 0 Å². The van der Waals surface area contributed by atoms with Crippen LogP contribution >= 0.6 is 0 Å². The van der Waals surface area contributed by atoms with Gasteiger partial charge in [-0.15, -0.1) is 0 Å². The van der Waals surface area contributed by atoms with Crippen LogP contribution in [0.1, 0.15) is 289 Å². The second-order valence-corrected chi connectivity index (χ2v) is 38.4. The molecule has 0 aromatic heterocycles. The number of benzene rings is 3. The first-order valence-electron chi connectivity index (χ1n) is 49.0. The Hall–Kier alpha value is -4.99. The number of unbranched alkanes of at least 4 members (excludes halogenated alkanes) is 26. The largest absolute Gasteiger partial charge is 0.478 e. The van der Waals surface area contributed by atoms with Crippen molar-refractivity contribution in [3.05, 3.63) is 86.4 Å². The molecule has 0 saturated carbocycles. The SMILES string of the molecule is CCCCCCCCCCCCCCCCOCC(COCCOCCOCCOCCOCCOCCOCCOCCOCCOCCOCCOCCOCCOCCOCCNC(=O)c1ccc(C2=c3cc4c(cc3Oc3cc5c(cc32)C(CS(=O)(=O)O)CC(C)(C)N5)=[NH+]C(C)(C)CC4CS(=O)(=O)O)c(C(=O)O)c1)OCCCCCCCCCCCCCCCC. The number of hydrogen-bond acceptors (Lipinski definition) is 25. The summed E-state index contributed by atoms with van der Waals surface area (Å²) in [7, 11) is -8.91. The third-order valence-electron chi connectivity index (χ3n) is 22.8. The van der Waals surface area contributed by atoms with E-state index in [0.717, 1.165) is 26.1 Å². The lowest BCUT2D eigenvalue weighted by Gasteiger charge is -2.39. The normalized spacial score (nSPS) is 15.4. The summed E-state index contributed by atoms with van der Waals surface area (Å²) in [5.74, 6) is -3.79. The van der Waals surface area contributed by atoms with E-state index in [4.69, 9.17) is 85.3 Å². The molecule has 3 aromatic carbocycles. The van der Waals surface area contributed by atoms with Gasteiger partial charge in [0.15, 0.2) is 5.54 Å². The first-order chi connectivity index (χ1) is 63.1. The Kier molecular flexibility index (Phi) is 61.0. The van der Waals surface area contributed by atoms with Crippen LogP contribution in [0.15, 0.2) is 42.5 Å². The zero-order valence-electron chi connectivity index (χ0n) is 79.9. The average molecular weight is 1880 g/mol. The molecule has 0 bridgehead atoms. The molecular formula is C98H166N3O27S2+. The van der Waals surface area contributed by atoms with Crippen molar-refractivity contribution >= 4 is 43.4 Å². The third-order valence-corrected chi connectivity index (χ3v) is 24.5. The maximum atomic E-state index is 13.6. The molecule has 6 rings (SSSR count). The number of nitrogens with one attached hydrogen (secondary N) is 3. The van der Waals surface area contributed by atoms with Crippen molar-refractivity contribution in [2.45, 2.75) is 263 Å². The Balaban J connectivity index is 0.673. The van der Waals surface area contributed by atoms with E-state index in [1.807, 2.05) is 27.7 Å². The first kappa shape index (κ1) is 114. The fourth-order valence-corrected chi connectivity index (χ4v) is 17.9. The molecule has 0 radical (unpaired) electrons. The van der Waals surface area contributed by atoms with Gasteiger partial charge in [0, 0.05) is 82.8 Å². The van der Waals surface area contributed by atoms with Gasteiger partial charge in [0.1, 0.15) is 17.6 Å². The lowest BCUT2D eigenvalue weighted by molar-refractivity contribution is -0.588. The van der Waals surface area contributed by atoms with Crippen LogP contribution in [-0.2, 0) is 101 Å². The van der Waals surface area contributed by atoms with E-state index in [2.05, 4.69) is 29.5 Å². The summed E-state index contributed by atoms with van der Waals surface area (Å²) in [5.41, 5.74) is 1.22. The molecule has 30 nitrogen and oxygen atoms in total. The van der Waals surface area contributed by atoms with Crippen molar-refractivity contribution in [1.29, 1.82) is 0 Å². The van der Waals surface area contributed by atoms with Crippen LogP contribution < -0.4 is 30.9 Å². The molecule has 1 amide bonds. The highest BCUT2D eigenvalue weighted by Crippen LogP contribution is 2.47. The van der Waals surface area contributed by atoms with E-state index in [0.29, 0.717) is 248 Å². The van der Waals surface area contributed by atoms with Crippen molar-refractivity contribution in [2.24, 2.45) is 0 Å². The summed E-state index contributed by atoms with van der Waals surface area (Å²) >= 11 is 0. The maximum absolute atomic E-state index is 13.6. The minimum Gasteiger partial charge on any atom is -0.478 e. The molecule has 3 aliphatic heterocycles. The monoisotopic (exact) mass is 1880 g/mol. The van der Waals surface area contributed by atoms with Gasteiger partial charge in [-0.05, 0) is 82.3 Å². The van der Waals surface area contributed by atoms with Gasteiger partial charge in [0.2, 0.25) is 5.36 Å². The summed E-state index contributed by atoms with van der Waals surface area (Å²) in [6, 6.07) is 11.2. The summed E-state index contributed by atoms with van der Waals surface area (Å²) in [5, 5.41) is 18.0. The molecule has 0 fully saturated rings. The zero-order chi connectivity index (χ0) is 93.3. The van der Waals surface area contributed by atoms with E-state index in [1.165, 1.54) is 185 Å².